The average molecular weight is 308 g/mol. The number of nitrogens with one attached hydrogen (secondary N) is 1. The van der Waals surface area contributed by atoms with Crippen molar-refractivity contribution in [1.29, 1.82) is 0 Å². The normalized spacial score (nSPS) is 20.6. The van der Waals surface area contributed by atoms with Crippen molar-refractivity contribution in [2.45, 2.75) is 44.7 Å². The van der Waals surface area contributed by atoms with Gasteiger partial charge in [-0.05, 0) is 63.4 Å². The van der Waals surface area contributed by atoms with E-state index in [1.54, 1.807) is 0 Å². The molecule has 1 saturated heterocycles. The molecule has 1 amide bonds. The summed E-state index contributed by atoms with van der Waals surface area (Å²) in [6.07, 6.45) is 4.99. The molecule has 3 rings (SSSR count). The van der Waals surface area contributed by atoms with Gasteiger partial charge in [0.1, 0.15) is 11.6 Å². The van der Waals surface area contributed by atoms with E-state index < -0.39 is 5.82 Å². The van der Waals surface area contributed by atoms with Crippen LogP contribution in [-0.2, 0) is 11.3 Å². The molecule has 1 heterocycles. The van der Waals surface area contributed by atoms with E-state index in [9.17, 15) is 13.6 Å². The molecular weight excluding hydrogens is 286 g/mol. The Bertz CT molecular complexity index is 537. The molecule has 0 bridgehead atoms. The fraction of sp³-hybridized carbons (Fsp3) is 0.588. The molecule has 120 valence electrons. The number of hydrogen-bond donors (Lipinski definition) is 1. The number of carbonyl (C=O) groups excluding carboxylic acids is 1. The van der Waals surface area contributed by atoms with E-state index in [2.05, 4.69) is 10.2 Å². The molecule has 5 heteroatoms. The Balaban J connectivity index is 1.48. The Labute approximate surface area is 129 Å². The van der Waals surface area contributed by atoms with E-state index in [0.29, 0.717) is 18.2 Å². The maximum Gasteiger partial charge on any atom is 0.223 e. The number of likely N-dealkylation sites (tertiary alicyclic amines) is 1. The minimum atomic E-state index is -0.411. The number of benzene rings is 1. The second-order valence-electron chi connectivity index (χ2n) is 6.42. The second kappa shape index (κ2) is 6.73. The van der Waals surface area contributed by atoms with E-state index in [-0.39, 0.29) is 17.6 Å². The summed E-state index contributed by atoms with van der Waals surface area (Å²) in [5.41, 5.74) is 0.386. The first-order valence-corrected chi connectivity index (χ1v) is 8.08. The van der Waals surface area contributed by atoms with Crippen LogP contribution in [0.15, 0.2) is 18.2 Å². The highest BCUT2D eigenvalue weighted by Gasteiger charge is 2.28. The number of halogens is 2. The highest BCUT2D eigenvalue weighted by molar-refractivity contribution is 5.79. The zero-order chi connectivity index (χ0) is 15.5. The lowest BCUT2D eigenvalue weighted by molar-refractivity contribution is -0.127. The molecule has 1 aromatic carbocycles. The predicted molar refractivity (Wildman–Crippen MR) is 80.1 cm³/mol. The monoisotopic (exact) mass is 308 g/mol. The molecule has 0 atom stereocenters. The van der Waals surface area contributed by atoms with Crippen molar-refractivity contribution in [2.75, 3.05) is 13.1 Å². The Kier molecular flexibility index (Phi) is 4.71. The van der Waals surface area contributed by atoms with Crippen LogP contribution in [0, 0.1) is 17.6 Å². The Morgan fingerprint density at radius 2 is 1.91 bits per heavy atom. The second-order valence-corrected chi connectivity index (χ2v) is 6.42. The molecule has 2 aliphatic rings. The number of rotatable bonds is 4. The molecule has 3 nitrogen and oxygen atoms in total. The fourth-order valence-electron chi connectivity index (χ4n) is 3.13. The maximum atomic E-state index is 13.7. The third-order valence-corrected chi connectivity index (χ3v) is 4.81. The molecule has 1 aliphatic heterocycles. The van der Waals surface area contributed by atoms with Gasteiger partial charge >= 0.3 is 0 Å². The SMILES string of the molecule is O=C(NC1CCC1)C1CCN(Cc2cc(F)ccc2F)CC1. The number of carbonyl (C=O) groups is 1. The van der Waals surface area contributed by atoms with E-state index >= 15 is 0 Å². The van der Waals surface area contributed by atoms with E-state index in [0.717, 1.165) is 44.8 Å². The minimum Gasteiger partial charge on any atom is -0.353 e. The van der Waals surface area contributed by atoms with Crippen molar-refractivity contribution in [1.82, 2.24) is 10.2 Å². The predicted octanol–water partition coefficient (Wildman–Crippen LogP) is 2.85. The van der Waals surface area contributed by atoms with E-state index in [4.69, 9.17) is 0 Å². The van der Waals surface area contributed by atoms with Crippen molar-refractivity contribution in [2.24, 2.45) is 5.92 Å². The lowest BCUT2D eigenvalue weighted by Gasteiger charge is -2.33. The molecule has 1 aliphatic carbocycles. The Morgan fingerprint density at radius 3 is 2.55 bits per heavy atom. The van der Waals surface area contributed by atoms with Gasteiger partial charge in [-0.3, -0.25) is 9.69 Å². The lowest BCUT2D eigenvalue weighted by Crippen LogP contribution is -2.45. The third kappa shape index (κ3) is 3.64. The van der Waals surface area contributed by atoms with Gasteiger partial charge in [0, 0.05) is 24.1 Å². The van der Waals surface area contributed by atoms with Crippen LogP contribution >= 0.6 is 0 Å². The van der Waals surface area contributed by atoms with Gasteiger partial charge in [-0.25, -0.2) is 8.78 Å². The van der Waals surface area contributed by atoms with Crippen LogP contribution in [0.3, 0.4) is 0 Å². The van der Waals surface area contributed by atoms with Crippen molar-refractivity contribution >= 4 is 5.91 Å². The Morgan fingerprint density at radius 1 is 1.18 bits per heavy atom. The summed E-state index contributed by atoms with van der Waals surface area (Å²) >= 11 is 0. The van der Waals surface area contributed by atoms with Gasteiger partial charge in [0.25, 0.3) is 0 Å². The van der Waals surface area contributed by atoms with Crippen LogP contribution in [0.5, 0.6) is 0 Å². The molecule has 1 aromatic rings. The van der Waals surface area contributed by atoms with E-state index in [1.807, 2.05) is 0 Å². The summed E-state index contributed by atoms with van der Waals surface area (Å²) in [4.78, 5) is 14.2. The van der Waals surface area contributed by atoms with Gasteiger partial charge in [-0.1, -0.05) is 0 Å². The Hall–Kier alpha value is -1.49. The zero-order valence-corrected chi connectivity index (χ0v) is 12.7. The molecule has 1 saturated carbocycles. The first-order valence-electron chi connectivity index (χ1n) is 8.08. The number of hydrogen-bond acceptors (Lipinski definition) is 2. The molecule has 22 heavy (non-hydrogen) atoms. The topological polar surface area (TPSA) is 32.3 Å². The highest BCUT2D eigenvalue weighted by Crippen LogP contribution is 2.23. The van der Waals surface area contributed by atoms with Crippen LogP contribution in [0.4, 0.5) is 8.78 Å². The number of nitrogens with zero attached hydrogens (tertiary/aromatic N) is 1. The molecule has 0 spiro atoms. The first kappa shape index (κ1) is 15.4. The fourth-order valence-corrected chi connectivity index (χ4v) is 3.13. The number of amides is 1. The van der Waals surface area contributed by atoms with Gasteiger partial charge in [-0.15, -0.1) is 0 Å². The van der Waals surface area contributed by atoms with Crippen LogP contribution < -0.4 is 5.32 Å². The summed E-state index contributed by atoms with van der Waals surface area (Å²) in [5.74, 6) is -0.548. The van der Waals surface area contributed by atoms with Gasteiger partial charge in [0.2, 0.25) is 5.91 Å². The number of piperidine rings is 1. The minimum absolute atomic E-state index is 0.0641. The summed E-state index contributed by atoms with van der Waals surface area (Å²) in [5, 5.41) is 3.10. The summed E-state index contributed by atoms with van der Waals surface area (Å²) in [7, 11) is 0. The quantitative estimate of drug-likeness (QED) is 0.927. The third-order valence-electron chi connectivity index (χ3n) is 4.81. The van der Waals surface area contributed by atoms with E-state index in [1.165, 1.54) is 18.6 Å². The van der Waals surface area contributed by atoms with Crippen molar-refractivity contribution in [3.8, 4) is 0 Å². The van der Waals surface area contributed by atoms with Crippen LogP contribution in [0.25, 0.3) is 0 Å². The lowest BCUT2D eigenvalue weighted by atomic mass is 9.90. The smallest absolute Gasteiger partial charge is 0.223 e. The van der Waals surface area contributed by atoms with Gasteiger partial charge in [-0.2, -0.15) is 0 Å². The summed E-state index contributed by atoms with van der Waals surface area (Å²) < 4.78 is 26.9. The van der Waals surface area contributed by atoms with Crippen LogP contribution in [-0.4, -0.2) is 29.9 Å². The van der Waals surface area contributed by atoms with Crippen LogP contribution in [0.2, 0.25) is 0 Å². The van der Waals surface area contributed by atoms with Gasteiger partial charge in [0.05, 0.1) is 0 Å². The highest BCUT2D eigenvalue weighted by atomic mass is 19.1. The molecule has 2 fully saturated rings. The van der Waals surface area contributed by atoms with Crippen molar-refractivity contribution in [3.05, 3.63) is 35.4 Å². The first-order chi connectivity index (χ1) is 10.6. The zero-order valence-electron chi connectivity index (χ0n) is 12.7. The summed E-state index contributed by atoms with van der Waals surface area (Å²) in [6.45, 7) is 1.90. The van der Waals surface area contributed by atoms with Gasteiger partial charge in [0.15, 0.2) is 0 Å². The average Bonchev–Trinajstić information content (AvgIpc) is 2.47. The largest absolute Gasteiger partial charge is 0.353 e. The van der Waals surface area contributed by atoms with Crippen molar-refractivity contribution in [3.63, 3.8) is 0 Å². The summed E-state index contributed by atoms with van der Waals surface area (Å²) in [6, 6.07) is 3.94. The molecule has 0 aromatic heterocycles. The molecule has 0 unspecified atom stereocenters. The molecule has 0 radical (unpaired) electrons. The van der Waals surface area contributed by atoms with Crippen molar-refractivity contribution < 1.29 is 13.6 Å². The standard InChI is InChI=1S/C17H22F2N2O/c18-14-4-5-16(19)13(10-14)11-21-8-6-12(7-9-21)17(22)20-15-2-1-3-15/h4-5,10,12,15H,1-3,6-9,11H2,(H,20,22). The van der Waals surface area contributed by atoms with Crippen LogP contribution in [0.1, 0.15) is 37.7 Å². The molecule has 1 N–H and O–H groups in total. The van der Waals surface area contributed by atoms with Gasteiger partial charge < -0.3 is 5.32 Å². The maximum absolute atomic E-state index is 13.7. The molecular formula is C17H22F2N2O.